The summed E-state index contributed by atoms with van der Waals surface area (Å²) < 4.78 is 32.8. The highest BCUT2D eigenvalue weighted by Gasteiger charge is 2.27. The Bertz CT molecular complexity index is 931. The second-order valence-electron chi connectivity index (χ2n) is 7.20. The van der Waals surface area contributed by atoms with Crippen LogP contribution in [0.25, 0.3) is 0 Å². The van der Waals surface area contributed by atoms with Crippen molar-refractivity contribution >= 4 is 21.6 Å². The van der Waals surface area contributed by atoms with E-state index in [1.165, 1.54) is 10.4 Å². The van der Waals surface area contributed by atoms with E-state index < -0.39 is 10.0 Å². The van der Waals surface area contributed by atoms with Gasteiger partial charge in [0.25, 0.3) is 5.91 Å². The fraction of sp³-hybridized carbons (Fsp3) is 0.476. The number of hydrogen-bond donors (Lipinski definition) is 0. The molecule has 158 valence electrons. The summed E-state index contributed by atoms with van der Waals surface area (Å²) in [4.78, 5) is 17.1. The lowest BCUT2D eigenvalue weighted by molar-refractivity contribution is 0.0776. The van der Waals surface area contributed by atoms with Gasteiger partial charge in [0, 0.05) is 38.9 Å². The van der Waals surface area contributed by atoms with Gasteiger partial charge in [-0.25, -0.2) is 8.42 Å². The third kappa shape index (κ3) is 4.48. The molecule has 1 aromatic heterocycles. The van der Waals surface area contributed by atoms with Gasteiger partial charge in [-0.15, -0.1) is 0 Å². The van der Waals surface area contributed by atoms with Crippen molar-refractivity contribution in [3.8, 4) is 0 Å². The summed E-state index contributed by atoms with van der Waals surface area (Å²) in [6, 6.07) is 8.51. The molecule has 0 unspecified atom stereocenters. The number of furan rings is 1. The minimum absolute atomic E-state index is 0.152. The molecule has 0 radical (unpaired) electrons. The van der Waals surface area contributed by atoms with Crippen LogP contribution in [-0.2, 0) is 16.6 Å². The number of anilines is 1. The summed E-state index contributed by atoms with van der Waals surface area (Å²) in [5, 5.41) is 0. The van der Waals surface area contributed by atoms with E-state index in [0.717, 1.165) is 31.6 Å². The number of carbonyl (C=O) groups excluding carboxylic acids is 1. The van der Waals surface area contributed by atoms with Crippen LogP contribution in [0, 0.1) is 0 Å². The molecule has 1 aliphatic heterocycles. The Labute approximate surface area is 172 Å². The molecule has 0 saturated carbocycles. The van der Waals surface area contributed by atoms with E-state index in [1.54, 1.807) is 36.4 Å². The molecule has 2 heterocycles. The van der Waals surface area contributed by atoms with Gasteiger partial charge in [0.1, 0.15) is 5.76 Å². The normalized spacial score (nSPS) is 14.6. The van der Waals surface area contributed by atoms with Gasteiger partial charge in [-0.05, 0) is 43.2 Å². The lowest BCUT2D eigenvalue weighted by Gasteiger charge is -2.25. The van der Waals surface area contributed by atoms with Crippen LogP contribution >= 0.6 is 0 Å². The maximum Gasteiger partial charge on any atom is 0.256 e. The lowest BCUT2D eigenvalue weighted by atomic mass is 10.1. The quantitative estimate of drug-likeness (QED) is 0.657. The van der Waals surface area contributed by atoms with Crippen LogP contribution < -0.4 is 4.90 Å². The zero-order chi connectivity index (χ0) is 21.0. The summed E-state index contributed by atoms with van der Waals surface area (Å²) >= 11 is 0. The van der Waals surface area contributed by atoms with Gasteiger partial charge >= 0.3 is 0 Å². The molecule has 1 aliphatic rings. The highest BCUT2D eigenvalue weighted by molar-refractivity contribution is 7.89. The van der Waals surface area contributed by atoms with Gasteiger partial charge in [0.15, 0.2) is 0 Å². The molecule has 0 atom stereocenters. The molecule has 0 bridgehead atoms. The first-order valence-corrected chi connectivity index (χ1v) is 11.5. The van der Waals surface area contributed by atoms with Crippen LogP contribution in [0.1, 0.15) is 42.8 Å². The van der Waals surface area contributed by atoms with Crippen molar-refractivity contribution in [1.29, 1.82) is 0 Å². The smallest absolute Gasteiger partial charge is 0.256 e. The Kier molecular flexibility index (Phi) is 6.64. The van der Waals surface area contributed by atoms with Crippen LogP contribution in [-0.4, -0.2) is 56.8 Å². The van der Waals surface area contributed by atoms with Crippen molar-refractivity contribution in [2.45, 2.75) is 38.1 Å². The summed E-state index contributed by atoms with van der Waals surface area (Å²) in [6.45, 7) is 6.43. The number of nitrogens with zero attached hydrogens (tertiary/aromatic N) is 3. The number of rotatable bonds is 8. The Hall–Kier alpha value is -2.32. The topological polar surface area (TPSA) is 74.1 Å². The minimum Gasteiger partial charge on any atom is -0.467 e. The second kappa shape index (κ2) is 9.00. The predicted octanol–water partition coefficient (Wildman–Crippen LogP) is 3.18. The zero-order valence-electron chi connectivity index (χ0n) is 17.3. The zero-order valence-corrected chi connectivity index (χ0v) is 18.1. The van der Waals surface area contributed by atoms with Gasteiger partial charge in [-0.1, -0.05) is 13.8 Å². The van der Waals surface area contributed by atoms with E-state index in [0.29, 0.717) is 31.0 Å². The molecule has 1 saturated heterocycles. The van der Waals surface area contributed by atoms with Crippen molar-refractivity contribution in [2.75, 3.05) is 38.1 Å². The lowest BCUT2D eigenvalue weighted by Crippen LogP contribution is -2.32. The maximum absolute atomic E-state index is 13.3. The maximum atomic E-state index is 13.3. The third-order valence-electron chi connectivity index (χ3n) is 5.31. The Morgan fingerprint density at radius 3 is 2.41 bits per heavy atom. The molecule has 8 heteroatoms. The molecule has 29 heavy (non-hydrogen) atoms. The fourth-order valence-electron chi connectivity index (χ4n) is 3.71. The third-order valence-corrected chi connectivity index (χ3v) is 7.35. The molecular weight excluding hydrogens is 390 g/mol. The molecule has 1 amide bonds. The largest absolute Gasteiger partial charge is 0.467 e. The van der Waals surface area contributed by atoms with Crippen LogP contribution in [0.2, 0.25) is 0 Å². The molecule has 0 spiro atoms. The van der Waals surface area contributed by atoms with Crippen LogP contribution in [0.5, 0.6) is 0 Å². The van der Waals surface area contributed by atoms with Crippen molar-refractivity contribution in [2.24, 2.45) is 0 Å². The van der Waals surface area contributed by atoms with E-state index in [1.807, 2.05) is 19.9 Å². The van der Waals surface area contributed by atoms with E-state index in [-0.39, 0.29) is 10.8 Å². The molecule has 0 aliphatic carbocycles. The van der Waals surface area contributed by atoms with Gasteiger partial charge in [0.05, 0.1) is 23.3 Å². The molecular formula is C21H29N3O4S. The monoisotopic (exact) mass is 419 g/mol. The average molecular weight is 420 g/mol. The van der Waals surface area contributed by atoms with E-state index in [4.69, 9.17) is 4.42 Å². The molecule has 3 rings (SSSR count). The summed E-state index contributed by atoms with van der Waals surface area (Å²) in [7, 11) is -1.95. The number of amides is 1. The fourth-order valence-corrected chi connectivity index (χ4v) is 5.19. The van der Waals surface area contributed by atoms with Crippen LogP contribution in [0.15, 0.2) is 45.9 Å². The Morgan fingerprint density at radius 2 is 1.83 bits per heavy atom. The number of hydrogen-bond acceptors (Lipinski definition) is 5. The second-order valence-corrected chi connectivity index (χ2v) is 9.14. The highest BCUT2D eigenvalue weighted by Crippen LogP contribution is 2.29. The van der Waals surface area contributed by atoms with E-state index in [2.05, 4.69) is 4.90 Å². The van der Waals surface area contributed by atoms with Gasteiger partial charge in [0.2, 0.25) is 10.0 Å². The molecule has 2 aromatic rings. The summed E-state index contributed by atoms with van der Waals surface area (Å²) in [5.74, 6) is 0.454. The molecule has 0 N–H and O–H groups in total. The number of carbonyl (C=O) groups is 1. The van der Waals surface area contributed by atoms with Gasteiger partial charge in [-0.2, -0.15) is 4.31 Å². The average Bonchev–Trinajstić information content (AvgIpc) is 3.42. The number of benzene rings is 1. The van der Waals surface area contributed by atoms with Crippen molar-refractivity contribution in [1.82, 2.24) is 9.21 Å². The van der Waals surface area contributed by atoms with Crippen LogP contribution in [0.3, 0.4) is 0 Å². The predicted molar refractivity (Wildman–Crippen MR) is 113 cm³/mol. The standard InChI is InChI=1S/C21H29N3O4S/c1-4-24(5-2)29(26,27)18-10-11-20(23-12-6-7-13-23)19(15-18)21(25)22(3)16-17-9-8-14-28-17/h8-11,14-15H,4-7,12-13,16H2,1-3H3. The minimum atomic E-state index is -3.65. The highest BCUT2D eigenvalue weighted by atomic mass is 32.2. The summed E-state index contributed by atoms with van der Waals surface area (Å²) in [6.07, 6.45) is 3.70. The molecule has 7 nitrogen and oxygen atoms in total. The van der Waals surface area contributed by atoms with Gasteiger partial charge in [-0.3, -0.25) is 4.79 Å². The first-order chi connectivity index (χ1) is 13.9. The first-order valence-electron chi connectivity index (χ1n) is 10.1. The van der Waals surface area contributed by atoms with Crippen LogP contribution in [0.4, 0.5) is 5.69 Å². The summed E-state index contributed by atoms with van der Waals surface area (Å²) in [5.41, 5.74) is 1.20. The van der Waals surface area contributed by atoms with E-state index in [9.17, 15) is 13.2 Å². The van der Waals surface area contributed by atoms with E-state index >= 15 is 0 Å². The number of sulfonamides is 1. The Morgan fingerprint density at radius 1 is 1.14 bits per heavy atom. The Balaban J connectivity index is 2.00. The van der Waals surface area contributed by atoms with Crippen molar-refractivity contribution < 1.29 is 17.6 Å². The molecule has 1 aromatic carbocycles. The van der Waals surface area contributed by atoms with Crippen molar-refractivity contribution in [3.63, 3.8) is 0 Å². The van der Waals surface area contributed by atoms with Crippen molar-refractivity contribution in [3.05, 3.63) is 47.9 Å². The SMILES string of the molecule is CCN(CC)S(=O)(=O)c1ccc(N2CCCC2)c(C(=O)N(C)Cc2ccco2)c1. The molecule has 1 fully saturated rings. The first kappa shape index (κ1) is 21.4. The van der Waals surface area contributed by atoms with Gasteiger partial charge < -0.3 is 14.2 Å².